The van der Waals surface area contributed by atoms with Crippen LogP contribution in [0.2, 0.25) is 0 Å². The van der Waals surface area contributed by atoms with Crippen LogP contribution < -0.4 is 9.64 Å². The van der Waals surface area contributed by atoms with Crippen LogP contribution >= 0.6 is 11.3 Å². The van der Waals surface area contributed by atoms with Crippen molar-refractivity contribution in [1.82, 2.24) is 9.88 Å². The number of hydrogen-bond acceptors (Lipinski definition) is 5. The van der Waals surface area contributed by atoms with Gasteiger partial charge in [0.2, 0.25) is 5.91 Å². The summed E-state index contributed by atoms with van der Waals surface area (Å²) < 4.78 is 6.41. The van der Waals surface area contributed by atoms with Gasteiger partial charge in [-0.15, -0.1) is 0 Å². The normalized spacial score (nSPS) is 14.7. The summed E-state index contributed by atoms with van der Waals surface area (Å²) >= 11 is 1.68. The third-order valence-electron chi connectivity index (χ3n) is 4.38. The Bertz CT molecular complexity index is 703. The molecule has 2 aromatic rings. The summed E-state index contributed by atoms with van der Waals surface area (Å²) in [7, 11) is 1.67. The molecule has 3 rings (SSSR count). The SMILES string of the molecule is CCCN(CCC)C(=O)C1CN(c2nc3cc(OC)ccc3s2)C1. The summed E-state index contributed by atoms with van der Waals surface area (Å²) in [5.74, 6) is 1.24. The minimum absolute atomic E-state index is 0.115. The first-order valence-electron chi connectivity index (χ1n) is 8.64. The van der Waals surface area contributed by atoms with Crippen molar-refractivity contribution in [1.29, 1.82) is 0 Å². The van der Waals surface area contributed by atoms with Crippen LogP contribution in [0.15, 0.2) is 18.2 Å². The van der Waals surface area contributed by atoms with Gasteiger partial charge in [0.1, 0.15) is 5.75 Å². The number of ether oxygens (including phenoxy) is 1. The molecule has 0 saturated carbocycles. The molecule has 24 heavy (non-hydrogen) atoms. The second-order valence-corrected chi connectivity index (χ2v) is 7.27. The topological polar surface area (TPSA) is 45.7 Å². The third-order valence-corrected chi connectivity index (χ3v) is 5.48. The zero-order valence-corrected chi connectivity index (χ0v) is 15.4. The maximum atomic E-state index is 12.6. The van der Waals surface area contributed by atoms with Gasteiger partial charge in [-0.2, -0.15) is 0 Å². The molecule has 1 aromatic heterocycles. The molecule has 2 heterocycles. The second-order valence-electron chi connectivity index (χ2n) is 6.26. The van der Waals surface area contributed by atoms with Crippen LogP contribution in [0.5, 0.6) is 5.75 Å². The molecule has 1 amide bonds. The van der Waals surface area contributed by atoms with Gasteiger partial charge in [0.25, 0.3) is 0 Å². The first-order valence-corrected chi connectivity index (χ1v) is 9.46. The lowest BCUT2D eigenvalue weighted by atomic mass is 9.99. The van der Waals surface area contributed by atoms with Gasteiger partial charge >= 0.3 is 0 Å². The van der Waals surface area contributed by atoms with Gasteiger partial charge < -0.3 is 14.5 Å². The van der Waals surface area contributed by atoms with E-state index < -0.39 is 0 Å². The standard InChI is InChI=1S/C18H25N3O2S/c1-4-8-20(9-5-2)17(22)13-11-21(12-13)18-19-15-10-14(23-3)6-7-16(15)24-18/h6-7,10,13H,4-5,8-9,11-12H2,1-3H3. The van der Waals surface area contributed by atoms with Crippen molar-refractivity contribution in [3.8, 4) is 5.75 Å². The fourth-order valence-electron chi connectivity index (χ4n) is 3.08. The number of aromatic nitrogens is 1. The Hall–Kier alpha value is -1.82. The highest BCUT2D eigenvalue weighted by Crippen LogP contribution is 2.34. The zero-order valence-electron chi connectivity index (χ0n) is 14.6. The number of amides is 1. The van der Waals surface area contributed by atoms with E-state index in [1.54, 1.807) is 18.4 Å². The van der Waals surface area contributed by atoms with Crippen LogP contribution in [0.25, 0.3) is 10.2 Å². The molecule has 1 saturated heterocycles. The Morgan fingerprint density at radius 2 is 2.04 bits per heavy atom. The molecule has 0 bridgehead atoms. The molecular formula is C18H25N3O2S. The number of fused-ring (bicyclic) bond motifs is 1. The monoisotopic (exact) mass is 347 g/mol. The minimum atomic E-state index is 0.115. The number of thiazole rings is 1. The Morgan fingerprint density at radius 1 is 1.33 bits per heavy atom. The van der Waals surface area contributed by atoms with Crippen LogP contribution in [-0.4, -0.2) is 49.1 Å². The van der Waals surface area contributed by atoms with Gasteiger partial charge in [-0.3, -0.25) is 4.79 Å². The van der Waals surface area contributed by atoms with E-state index in [2.05, 4.69) is 18.7 Å². The molecule has 1 aliphatic heterocycles. The Balaban J connectivity index is 1.64. The first-order chi connectivity index (χ1) is 11.7. The predicted octanol–water partition coefficient (Wildman–Crippen LogP) is 3.39. The van der Waals surface area contributed by atoms with E-state index in [1.165, 1.54) is 0 Å². The van der Waals surface area contributed by atoms with E-state index in [0.717, 1.165) is 60.1 Å². The first kappa shape index (κ1) is 17.0. The number of anilines is 1. The summed E-state index contributed by atoms with van der Waals surface area (Å²) in [5, 5.41) is 1.000. The molecule has 0 N–H and O–H groups in total. The number of methoxy groups -OCH3 is 1. The number of carbonyl (C=O) groups is 1. The van der Waals surface area contributed by atoms with Crippen LogP contribution in [0.3, 0.4) is 0 Å². The molecule has 0 atom stereocenters. The molecule has 0 aliphatic carbocycles. The van der Waals surface area contributed by atoms with Crippen LogP contribution in [-0.2, 0) is 4.79 Å². The lowest BCUT2D eigenvalue weighted by Gasteiger charge is -2.40. The van der Waals surface area contributed by atoms with Crippen molar-refractivity contribution >= 4 is 32.6 Å². The van der Waals surface area contributed by atoms with Crippen LogP contribution in [0.4, 0.5) is 5.13 Å². The maximum Gasteiger partial charge on any atom is 0.229 e. The van der Waals surface area contributed by atoms with E-state index in [-0.39, 0.29) is 5.92 Å². The van der Waals surface area contributed by atoms with Crippen molar-refractivity contribution < 1.29 is 9.53 Å². The molecule has 130 valence electrons. The zero-order chi connectivity index (χ0) is 17.1. The molecule has 0 unspecified atom stereocenters. The molecule has 1 aliphatic rings. The Morgan fingerprint density at radius 3 is 2.67 bits per heavy atom. The lowest BCUT2D eigenvalue weighted by molar-refractivity contribution is -0.136. The number of benzene rings is 1. The quantitative estimate of drug-likeness (QED) is 0.770. The van der Waals surface area contributed by atoms with Gasteiger partial charge in [0.15, 0.2) is 5.13 Å². The number of rotatable bonds is 7. The van der Waals surface area contributed by atoms with Crippen molar-refractivity contribution in [2.75, 3.05) is 38.2 Å². The summed E-state index contributed by atoms with van der Waals surface area (Å²) in [6.45, 7) is 7.53. The van der Waals surface area contributed by atoms with E-state index in [4.69, 9.17) is 9.72 Å². The number of nitrogens with zero attached hydrogens (tertiary/aromatic N) is 3. The number of carbonyl (C=O) groups excluding carboxylic acids is 1. The molecule has 1 fully saturated rings. The maximum absolute atomic E-state index is 12.6. The van der Waals surface area contributed by atoms with Gasteiger partial charge in [0, 0.05) is 32.2 Å². The fourth-order valence-corrected chi connectivity index (χ4v) is 4.04. The molecule has 6 heteroatoms. The highest BCUT2D eigenvalue weighted by Gasteiger charge is 2.36. The van der Waals surface area contributed by atoms with Gasteiger partial charge in [-0.1, -0.05) is 25.2 Å². The van der Waals surface area contributed by atoms with Crippen molar-refractivity contribution in [3.05, 3.63) is 18.2 Å². The van der Waals surface area contributed by atoms with Gasteiger partial charge in [0.05, 0.1) is 23.2 Å². The Labute approximate surface area is 147 Å². The average Bonchev–Trinajstić information content (AvgIpc) is 2.95. The third kappa shape index (κ3) is 3.34. The second kappa shape index (κ2) is 7.38. The molecular weight excluding hydrogens is 322 g/mol. The Kier molecular flexibility index (Phi) is 5.23. The largest absolute Gasteiger partial charge is 0.497 e. The summed E-state index contributed by atoms with van der Waals surface area (Å²) in [6, 6.07) is 5.96. The van der Waals surface area contributed by atoms with Crippen LogP contribution in [0.1, 0.15) is 26.7 Å². The summed E-state index contributed by atoms with van der Waals surface area (Å²) in [6.07, 6.45) is 2.03. The minimum Gasteiger partial charge on any atom is -0.497 e. The summed E-state index contributed by atoms with van der Waals surface area (Å²) in [5.41, 5.74) is 0.961. The average molecular weight is 347 g/mol. The highest BCUT2D eigenvalue weighted by atomic mass is 32.1. The molecule has 0 radical (unpaired) electrons. The molecule has 0 spiro atoms. The lowest BCUT2D eigenvalue weighted by Crippen LogP contribution is -2.54. The van der Waals surface area contributed by atoms with E-state index in [0.29, 0.717) is 5.91 Å². The summed E-state index contributed by atoms with van der Waals surface area (Å²) in [4.78, 5) is 21.5. The highest BCUT2D eigenvalue weighted by molar-refractivity contribution is 7.22. The molecule has 5 nitrogen and oxygen atoms in total. The smallest absolute Gasteiger partial charge is 0.229 e. The van der Waals surface area contributed by atoms with E-state index >= 15 is 0 Å². The van der Waals surface area contributed by atoms with Crippen LogP contribution in [0, 0.1) is 5.92 Å². The van der Waals surface area contributed by atoms with Gasteiger partial charge in [-0.05, 0) is 25.0 Å². The van der Waals surface area contributed by atoms with Crippen molar-refractivity contribution in [2.24, 2.45) is 5.92 Å². The van der Waals surface area contributed by atoms with E-state index in [9.17, 15) is 4.79 Å². The van der Waals surface area contributed by atoms with E-state index in [1.807, 2.05) is 23.1 Å². The molecule has 1 aromatic carbocycles. The predicted molar refractivity (Wildman–Crippen MR) is 99.0 cm³/mol. The number of hydrogen-bond donors (Lipinski definition) is 0. The van der Waals surface area contributed by atoms with Crippen molar-refractivity contribution in [3.63, 3.8) is 0 Å². The fraction of sp³-hybridized carbons (Fsp3) is 0.556. The van der Waals surface area contributed by atoms with Gasteiger partial charge in [-0.25, -0.2) is 4.98 Å². The van der Waals surface area contributed by atoms with Crippen molar-refractivity contribution in [2.45, 2.75) is 26.7 Å².